The van der Waals surface area contributed by atoms with Gasteiger partial charge in [-0.05, 0) is 43.0 Å². The molecule has 1 aliphatic rings. The predicted octanol–water partition coefficient (Wildman–Crippen LogP) is 1.36. The third-order valence-corrected chi connectivity index (χ3v) is 4.62. The Kier molecular flexibility index (Phi) is 4.79. The van der Waals surface area contributed by atoms with Gasteiger partial charge in [-0.1, -0.05) is 0 Å². The number of hydrogen-bond acceptors (Lipinski definition) is 4. The van der Waals surface area contributed by atoms with E-state index in [9.17, 15) is 8.42 Å². The number of hydrogen-bond donors (Lipinski definition) is 2. The lowest BCUT2D eigenvalue weighted by atomic mass is 10.2. The van der Waals surface area contributed by atoms with Gasteiger partial charge in [0.2, 0.25) is 10.0 Å². The molecule has 5 nitrogen and oxygen atoms in total. The number of benzene rings is 1. The molecule has 2 rings (SSSR count). The molecule has 0 aliphatic carbocycles. The quantitative estimate of drug-likeness (QED) is 0.742. The van der Waals surface area contributed by atoms with Crippen LogP contribution in [0.3, 0.4) is 0 Å². The van der Waals surface area contributed by atoms with Gasteiger partial charge in [0.25, 0.3) is 0 Å². The van der Waals surface area contributed by atoms with Crippen molar-refractivity contribution in [1.82, 2.24) is 4.72 Å². The minimum Gasteiger partial charge on any atom is -0.385 e. The Morgan fingerprint density at radius 1 is 1.37 bits per heavy atom. The van der Waals surface area contributed by atoms with E-state index in [0.29, 0.717) is 18.0 Å². The molecule has 1 heterocycles. The fourth-order valence-corrected chi connectivity index (χ4v) is 3.23. The average Bonchev–Trinajstić information content (AvgIpc) is 2.85. The lowest BCUT2D eigenvalue weighted by Crippen LogP contribution is -2.25. The van der Waals surface area contributed by atoms with E-state index in [1.54, 1.807) is 19.2 Å². The highest BCUT2D eigenvalue weighted by atomic mass is 32.2. The van der Waals surface area contributed by atoms with E-state index >= 15 is 0 Å². The number of sulfonamides is 1. The molecule has 6 heteroatoms. The van der Waals surface area contributed by atoms with Crippen molar-refractivity contribution in [2.24, 2.45) is 0 Å². The molecule has 106 valence electrons. The molecule has 0 fully saturated rings. The lowest BCUT2D eigenvalue weighted by Gasteiger charge is -2.08. The normalized spacial score (nSPS) is 14.2. The van der Waals surface area contributed by atoms with E-state index < -0.39 is 10.0 Å². The summed E-state index contributed by atoms with van der Waals surface area (Å²) in [6.45, 7) is 1.98. The van der Waals surface area contributed by atoms with E-state index in [0.717, 1.165) is 37.1 Å². The van der Waals surface area contributed by atoms with Gasteiger partial charge in [-0.3, -0.25) is 0 Å². The van der Waals surface area contributed by atoms with Crippen molar-refractivity contribution in [3.63, 3.8) is 0 Å². The fraction of sp³-hybridized carbons (Fsp3) is 0.538. The largest absolute Gasteiger partial charge is 0.385 e. The van der Waals surface area contributed by atoms with Crippen LogP contribution in [-0.2, 0) is 21.2 Å². The van der Waals surface area contributed by atoms with Gasteiger partial charge in [0.15, 0.2) is 0 Å². The molecule has 0 atom stereocenters. The second-order valence-electron chi connectivity index (χ2n) is 4.59. The van der Waals surface area contributed by atoms with Crippen molar-refractivity contribution >= 4 is 15.7 Å². The van der Waals surface area contributed by atoms with Crippen molar-refractivity contribution in [3.05, 3.63) is 23.8 Å². The minimum atomic E-state index is -3.39. The molecule has 0 radical (unpaired) electrons. The van der Waals surface area contributed by atoms with Crippen molar-refractivity contribution in [2.45, 2.75) is 24.2 Å². The molecular weight excluding hydrogens is 264 g/mol. The molecule has 0 spiro atoms. The zero-order chi connectivity index (χ0) is 13.7. The van der Waals surface area contributed by atoms with Gasteiger partial charge in [0, 0.05) is 32.5 Å². The standard InChI is InChI=1S/C13H20N2O3S/c1-18-9-3-2-7-15-19(16,17)12-4-5-13-11(10-12)6-8-14-13/h4-5,10,14-15H,2-3,6-9H2,1H3. The highest BCUT2D eigenvalue weighted by Gasteiger charge is 2.17. The molecule has 0 unspecified atom stereocenters. The summed E-state index contributed by atoms with van der Waals surface area (Å²) in [5.41, 5.74) is 2.11. The topological polar surface area (TPSA) is 67.4 Å². The van der Waals surface area contributed by atoms with E-state index in [4.69, 9.17) is 4.74 Å². The fourth-order valence-electron chi connectivity index (χ4n) is 2.11. The highest BCUT2D eigenvalue weighted by Crippen LogP contribution is 2.24. The second kappa shape index (κ2) is 6.36. The van der Waals surface area contributed by atoms with Gasteiger partial charge in [0.05, 0.1) is 4.90 Å². The molecule has 0 saturated carbocycles. The molecule has 0 aromatic heterocycles. The Bertz CT molecular complexity index is 529. The van der Waals surface area contributed by atoms with Crippen LogP contribution in [0.25, 0.3) is 0 Å². The van der Waals surface area contributed by atoms with E-state index in [2.05, 4.69) is 10.0 Å². The van der Waals surface area contributed by atoms with Gasteiger partial charge in [-0.15, -0.1) is 0 Å². The van der Waals surface area contributed by atoms with Crippen LogP contribution < -0.4 is 10.0 Å². The minimum absolute atomic E-state index is 0.349. The summed E-state index contributed by atoms with van der Waals surface area (Å²) < 4.78 is 31.8. The maximum atomic E-state index is 12.1. The molecule has 1 aromatic rings. The number of ether oxygens (including phenoxy) is 1. The number of anilines is 1. The first-order valence-electron chi connectivity index (χ1n) is 6.49. The van der Waals surface area contributed by atoms with Gasteiger partial charge in [-0.25, -0.2) is 13.1 Å². The molecule has 0 amide bonds. The van der Waals surface area contributed by atoms with E-state index in [1.807, 2.05) is 6.07 Å². The van der Waals surface area contributed by atoms with Crippen molar-refractivity contribution in [3.8, 4) is 0 Å². The first-order valence-corrected chi connectivity index (χ1v) is 7.97. The van der Waals surface area contributed by atoms with Gasteiger partial charge >= 0.3 is 0 Å². The molecule has 0 bridgehead atoms. The third kappa shape index (κ3) is 3.68. The lowest BCUT2D eigenvalue weighted by molar-refractivity contribution is 0.193. The van der Waals surface area contributed by atoms with Crippen LogP contribution in [0.15, 0.2) is 23.1 Å². The summed E-state index contributed by atoms with van der Waals surface area (Å²) in [6.07, 6.45) is 2.51. The Balaban J connectivity index is 1.95. The van der Waals surface area contributed by atoms with Crippen molar-refractivity contribution < 1.29 is 13.2 Å². The zero-order valence-electron chi connectivity index (χ0n) is 11.1. The van der Waals surface area contributed by atoms with Gasteiger partial charge in [0.1, 0.15) is 0 Å². The summed E-state index contributed by atoms with van der Waals surface area (Å²) in [7, 11) is -1.75. The molecule has 1 aromatic carbocycles. The van der Waals surface area contributed by atoms with Crippen LogP contribution in [0.1, 0.15) is 18.4 Å². The highest BCUT2D eigenvalue weighted by molar-refractivity contribution is 7.89. The summed E-state index contributed by atoms with van der Waals surface area (Å²) in [4.78, 5) is 0.349. The third-order valence-electron chi connectivity index (χ3n) is 3.16. The van der Waals surface area contributed by atoms with Crippen LogP contribution in [0.5, 0.6) is 0 Å². The Labute approximate surface area is 114 Å². The van der Waals surface area contributed by atoms with Crippen LogP contribution in [-0.4, -0.2) is 35.2 Å². The average molecular weight is 284 g/mol. The van der Waals surface area contributed by atoms with Crippen LogP contribution in [0.2, 0.25) is 0 Å². The SMILES string of the molecule is COCCCCNS(=O)(=O)c1ccc2c(c1)CCN2. The molecular formula is C13H20N2O3S. The molecule has 19 heavy (non-hydrogen) atoms. The second-order valence-corrected chi connectivity index (χ2v) is 6.36. The molecule has 1 aliphatic heterocycles. The number of methoxy groups -OCH3 is 1. The first-order chi connectivity index (χ1) is 9.13. The van der Waals surface area contributed by atoms with Crippen LogP contribution in [0.4, 0.5) is 5.69 Å². The van der Waals surface area contributed by atoms with Gasteiger partial charge < -0.3 is 10.1 Å². The van der Waals surface area contributed by atoms with Gasteiger partial charge in [-0.2, -0.15) is 0 Å². The number of fused-ring (bicyclic) bond motifs is 1. The smallest absolute Gasteiger partial charge is 0.240 e. The summed E-state index contributed by atoms with van der Waals surface area (Å²) in [5.74, 6) is 0. The van der Waals surface area contributed by atoms with Crippen LogP contribution in [0, 0.1) is 0 Å². The van der Waals surface area contributed by atoms with Crippen molar-refractivity contribution in [1.29, 1.82) is 0 Å². The maximum Gasteiger partial charge on any atom is 0.240 e. The van der Waals surface area contributed by atoms with Crippen molar-refractivity contribution in [2.75, 3.05) is 32.1 Å². The Morgan fingerprint density at radius 3 is 3.00 bits per heavy atom. The van der Waals surface area contributed by atoms with Crippen LogP contribution >= 0.6 is 0 Å². The summed E-state index contributed by atoms with van der Waals surface area (Å²) in [5, 5.41) is 3.22. The number of nitrogens with one attached hydrogen (secondary N) is 2. The summed E-state index contributed by atoms with van der Waals surface area (Å²) in [6, 6.07) is 5.24. The summed E-state index contributed by atoms with van der Waals surface area (Å²) >= 11 is 0. The molecule has 0 saturated heterocycles. The monoisotopic (exact) mass is 284 g/mol. The Morgan fingerprint density at radius 2 is 2.21 bits per heavy atom. The number of unbranched alkanes of at least 4 members (excludes halogenated alkanes) is 1. The maximum absolute atomic E-state index is 12.1. The zero-order valence-corrected chi connectivity index (χ0v) is 11.9. The first kappa shape index (κ1) is 14.3. The Hall–Kier alpha value is -1.11. The predicted molar refractivity (Wildman–Crippen MR) is 74.9 cm³/mol. The number of rotatable bonds is 7. The van der Waals surface area contributed by atoms with E-state index in [1.165, 1.54) is 0 Å². The molecule has 2 N–H and O–H groups in total. The van der Waals surface area contributed by atoms with E-state index in [-0.39, 0.29) is 0 Å².